The Morgan fingerprint density at radius 1 is 1.00 bits per heavy atom. The Balaban J connectivity index is 1.89. The highest BCUT2D eigenvalue weighted by atomic mass is 32.2. The molecule has 1 aromatic heterocycles. The van der Waals surface area contributed by atoms with Gasteiger partial charge in [0.25, 0.3) is 0 Å². The van der Waals surface area contributed by atoms with Crippen molar-refractivity contribution in [2.24, 2.45) is 0 Å². The first-order chi connectivity index (χ1) is 14.7. The van der Waals surface area contributed by atoms with Crippen molar-refractivity contribution in [3.63, 3.8) is 0 Å². The number of hydrogen-bond acceptors (Lipinski definition) is 6. The van der Waals surface area contributed by atoms with Gasteiger partial charge in [-0.25, -0.2) is 13.1 Å². The average molecular weight is 465 g/mol. The van der Waals surface area contributed by atoms with E-state index in [1.54, 1.807) is 35.8 Å². The van der Waals surface area contributed by atoms with Crippen molar-refractivity contribution in [2.45, 2.75) is 51.6 Å². The molecular weight excluding hydrogens is 436 g/mol. The topological polar surface area (TPSA) is 86.6 Å². The van der Waals surface area contributed by atoms with Gasteiger partial charge in [0, 0.05) is 12.1 Å². The zero-order chi connectivity index (χ0) is 22.8. The second-order valence-corrected chi connectivity index (χ2v) is 10.1. The summed E-state index contributed by atoms with van der Waals surface area (Å²) in [6, 6.07) is 9.68. The molecule has 1 atom stereocenters. The van der Waals surface area contributed by atoms with Crippen LogP contribution in [0.1, 0.15) is 52.3 Å². The molecule has 0 saturated carbocycles. The number of fused-ring (bicyclic) bond motifs is 1. The molecular formula is C22H28N2O5S2. The van der Waals surface area contributed by atoms with E-state index in [2.05, 4.69) is 4.72 Å². The third kappa shape index (κ3) is 4.94. The minimum absolute atomic E-state index is 0.000972. The molecule has 0 unspecified atom stereocenters. The van der Waals surface area contributed by atoms with Gasteiger partial charge >= 0.3 is 4.87 Å². The van der Waals surface area contributed by atoms with Crippen LogP contribution in [0, 0.1) is 0 Å². The summed E-state index contributed by atoms with van der Waals surface area (Å²) in [6.07, 6.45) is 0. The van der Waals surface area contributed by atoms with E-state index in [4.69, 9.17) is 9.47 Å². The van der Waals surface area contributed by atoms with Crippen molar-refractivity contribution in [3.8, 4) is 11.5 Å². The van der Waals surface area contributed by atoms with Crippen LogP contribution in [0.25, 0.3) is 10.2 Å². The molecule has 9 heteroatoms. The zero-order valence-electron chi connectivity index (χ0n) is 18.3. The van der Waals surface area contributed by atoms with Gasteiger partial charge < -0.3 is 9.47 Å². The maximum absolute atomic E-state index is 13.0. The van der Waals surface area contributed by atoms with Gasteiger partial charge in [0.15, 0.2) is 11.5 Å². The summed E-state index contributed by atoms with van der Waals surface area (Å²) in [5, 5.41) is 0. The Kier molecular flexibility index (Phi) is 7.08. The number of hydrogen-bond donors (Lipinski definition) is 1. The summed E-state index contributed by atoms with van der Waals surface area (Å²) in [4.78, 5) is 12.3. The Morgan fingerprint density at radius 2 is 1.68 bits per heavy atom. The lowest BCUT2D eigenvalue weighted by Crippen LogP contribution is -2.27. The highest BCUT2D eigenvalue weighted by Crippen LogP contribution is 2.31. The minimum Gasteiger partial charge on any atom is -0.490 e. The largest absolute Gasteiger partial charge is 0.490 e. The molecule has 0 radical (unpaired) electrons. The van der Waals surface area contributed by atoms with Crippen molar-refractivity contribution in [1.82, 2.24) is 9.29 Å². The smallest absolute Gasteiger partial charge is 0.308 e. The van der Waals surface area contributed by atoms with Crippen LogP contribution >= 0.6 is 11.3 Å². The SMILES string of the molecule is CCOc1ccc([C@@H](C)NS(=O)(=O)c2ccc3c(c2)sc(=O)n3C(C)C)cc1OCC. The average Bonchev–Trinajstić information content (AvgIpc) is 3.04. The van der Waals surface area contributed by atoms with E-state index in [0.29, 0.717) is 29.4 Å². The number of nitrogens with zero attached hydrogens (tertiary/aromatic N) is 1. The monoisotopic (exact) mass is 464 g/mol. The molecule has 1 heterocycles. The fourth-order valence-electron chi connectivity index (χ4n) is 3.38. The molecule has 0 saturated heterocycles. The molecule has 1 N–H and O–H groups in total. The number of nitrogens with one attached hydrogen (secondary N) is 1. The maximum atomic E-state index is 13.0. The summed E-state index contributed by atoms with van der Waals surface area (Å²) >= 11 is 1.05. The summed E-state index contributed by atoms with van der Waals surface area (Å²) in [5.74, 6) is 1.20. The van der Waals surface area contributed by atoms with Crippen molar-refractivity contribution in [1.29, 1.82) is 0 Å². The molecule has 31 heavy (non-hydrogen) atoms. The number of sulfonamides is 1. The first kappa shape index (κ1) is 23.3. The van der Waals surface area contributed by atoms with E-state index in [0.717, 1.165) is 22.4 Å². The van der Waals surface area contributed by atoms with Crippen LogP contribution in [0.15, 0.2) is 46.1 Å². The van der Waals surface area contributed by atoms with Crippen molar-refractivity contribution < 1.29 is 17.9 Å². The number of ether oxygens (including phenoxy) is 2. The Hall–Kier alpha value is -2.36. The highest BCUT2D eigenvalue weighted by Gasteiger charge is 2.21. The van der Waals surface area contributed by atoms with Gasteiger partial charge in [-0.2, -0.15) is 0 Å². The van der Waals surface area contributed by atoms with Gasteiger partial charge in [0.05, 0.1) is 28.3 Å². The molecule has 0 aliphatic rings. The van der Waals surface area contributed by atoms with Crippen molar-refractivity contribution in [2.75, 3.05) is 13.2 Å². The predicted molar refractivity (Wildman–Crippen MR) is 124 cm³/mol. The molecule has 2 aromatic carbocycles. The Labute approximate surface area is 186 Å². The lowest BCUT2D eigenvalue weighted by molar-refractivity contribution is 0.287. The molecule has 0 aliphatic carbocycles. The molecule has 0 spiro atoms. The standard InChI is InChI=1S/C22H28N2O5S2/c1-6-28-19-11-8-16(12-20(19)29-7-2)15(5)23-31(26,27)17-9-10-18-21(13-17)30-22(25)24(18)14(3)4/h8-15,23H,6-7H2,1-5H3/t15-/m1/s1. The minimum atomic E-state index is -3.80. The first-order valence-corrected chi connectivity index (χ1v) is 12.5. The number of aromatic nitrogens is 1. The highest BCUT2D eigenvalue weighted by molar-refractivity contribution is 7.89. The van der Waals surface area contributed by atoms with E-state index in [9.17, 15) is 13.2 Å². The molecule has 7 nitrogen and oxygen atoms in total. The van der Waals surface area contributed by atoms with Crippen molar-refractivity contribution in [3.05, 3.63) is 51.6 Å². The number of thiazole rings is 1. The molecule has 3 aromatic rings. The van der Waals surface area contributed by atoms with E-state index >= 15 is 0 Å². The fraction of sp³-hybridized carbons (Fsp3) is 0.409. The second kappa shape index (κ2) is 9.42. The Bertz CT molecular complexity index is 1230. The normalized spacial score (nSPS) is 13.0. The van der Waals surface area contributed by atoms with Crippen LogP contribution in [0.4, 0.5) is 0 Å². The van der Waals surface area contributed by atoms with Gasteiger partial charge in [-0.05, 0) is 70.5 Å². The molecule has 0 aliphatic heterocycles. The molecule has 0 fully saturated rings. The third-order valence-corrected chi connectivity index (χ3v) is 7.27. The van der Waals surface area contributed by atoms with Gasteiger partial charge in [-0.3, -0.25) is 9.36 Å². The van der Waals surface area contributed by atoms with Crippen LogP contribution in [-0.4, -0.2) is 26.2 Å². The molecule has 0 bridgehead atoms. The first-order valence-electron chi connectivity index (χ1n) is 10.2. The van der Waals surface area contributed by atoms with Gasteiger partial charge in [-0.15, -0.1) is 0 Å². The summed E-state index contributed by atoms with van der Waals surface area (Å²) < 4.78 is 42.3. The quantitative estimate of drug-likeness (QED) is 0.505. The summed E-state index contributed by atoms with van der Waals surface area (Å²) in [7, 11) is -3.80. The van der Waals surface area contributed by atoms with Crippen molar-refractivity contribution >= 4 is 31.6 Å². The zero-order valence-corrected chi connectivity index (χ0v) is 20.0. The van der Waals surface area contributed by atoms with E-state index in [-0.39, 0.29) is 15.8 Å². The molecule has 0 amide bonds. The number of rotatable bonds is 9. The molecule has 168 valence electrons. The van der Waals surface area contributed by atoms with Gasteiger partial charge in [0.1, 0.15) is 0 Å². The third-order valence-electron chi connectivity index (χ3n) is 4.81. The fourth-order valence-corrected chi connectivity index (χ4v) is 5.76. The van der Waals surface area contributed by atoms with Crippen LogP contribution in [0.3, 0.4) is 0 Å². The second-order valence-electron chi connectivity index (χ2n) is 7.38. The summed E-state index contributed by atoms with van der Waals surface area (Å²) in [5.41, 5.74) is 1.50. The maximum Gasteiger partial charge on any atom is 0.308 e. The van der Waals surface area contributed by atoms with E-state index in [1.165, 1.54) is 6.07 Å². The van der Waals surface area contributed by atoms with E-state index in [1.807, 2.05) is 33.8 Å². The van der Waals surface area contributed by atoms with E-state index < -0.39 is 16.1 Å². The predicted octanol–water partition coefficient (Wildman–Crippen LogP) is 4.48. The van der Waals surface area contributed by atoms with Crippen LogP contribution in [0.2, 0.25) is 0 Å². The molecule has 3 rings (SSSR count). The van der Waals surface area contributed by atoms with Crippen LogP contribution in [-0.2, 0) is 10.0 Å². The van der Waals surface area contributed by atoms with Crippen LogP contribution < -0.4 is 19.1 Å². The van der Waals surface area contributed by atoms with Gasteiger partial charge in [0.2, 0.25) is 10.0 Å². The van der Waals surface area contributed by atoms with Gasteiger partial charge in [-0.1, -0.05) is 17.4 Å². The lowest BCUT2D eigenvalue weighted by atomic mass is 10.1. The Morgan fingerprint density at radius 3 is 2.32 bits per heavy atom. The number of benzene rings is 2. The summed E-state index contributed by atoms with van der Waals surface area (Å²) in [6.45, 7) is 10.4. The lowest BCUT2D eigenvalue weighted by Gasteiger charge is -2.18. The van der Waals surface area contributed by atoms with Crippen LogP contribution in [0.5, 0.6) is 11.5 Å².